The largest absolute Gasteiger partial charge is 0.490 e. The topological polar surface area (TPSA) is 95.3 Å². The molecule has 0 fully saturated rings. The summed E-state index contributed by atoms with van der Waals surface area (Å²) in [5.41, 5.74) is 2.81. The van der Waals surface area contributed by atoms with Crippen LogP contribution in [0.25, 0.3) is 11.0 Å². The number of aryl methyl sites for hydroxylation is 1. The van der Waals surface area contributed by atoms with Crippen LogP contribution in [0.5, 0.6) is 11.5 Å². The van der Waals surface area contributed by atoms with E-state index in [-0.39, 0.29) is 16.8 Å². The summed E-state index contributed by atoms with van der Waals surface area (Å²) in [5.74, 6) is 0.272. The summed E-state index contributed by atoms with van der Waals surface area (Å²) in [4.78, 5) is 42.2. The summed E-state index contributed by atoms with van der Waals surface area (Å²) < 4.78 is 23.5. The van der Waals surface area contributed by atoms with Crippen LogP contribution in [0.1, 0.15) is 96.5 Å². The zero-order valence-corrected chi connectivity index (χ0v) is 25.8. The Morgan fingerprint density at radius 1 is 0.841 bits per heavy atom. The number of fused-ring (bicyclic) bond motifs is 2. The van der Waals surface area contributed by atoms with E-state index in [1.807, 2.05) is 45.0 Å². The zero-order chi connectivity index (χ0) is 31.2. The lowest BCUT2D eigenvalue weighted by atomic mass is 9.97. The Balaban J connectivity index is 1.60. The van der Waals surface area contributed by atoms with Crippen LogP contribution in [-0.2, 0) is 4.74 Å². The first kappa shape index (κ1) is 30.9. The number of unbranched alkanes of at least 4 members (excludes halogenated alkanes) is 3. The minimum atomic E-state index is -0.797. The van der Waals surface area contributed by atoms with Crippen molar-refractivity contribution in [3.05, 3.63) is 98.9 Å². The monoisotopic (exact) mass is 597 g/mol. The van der Waals surface area contributed by atoms with Crippen LogP contribution in [0.15, 0.2) is 69.9 Å². The maximum Gasteiger partial charge on any atom is 0.338 e. The molecule has 1 aromatic heterocycles. The van der Waals surface area contributed by atoms with Gasteiger partial charge in [0.05, 0.1) is 42.4 Å². The van der Waals surface area contributed by atoms with Crippen molar-refractivity contribution in [3.63, 3.8) is 0 Å². The van der Waals surface area contributed by atoms with Gasteiger partial charge in [-0.05, 0) is 80.8 Å². The number of benzene rings is 3. The number of ether oxygens (including phenoxy) is 3. The molecule has 8 nitrogen and oxygen atoms in total. The van der Waals surface area contributed by atoms with Gasteiger partial charge in [-0.3, -0.25) is 14.5 Å². The van der Waals surface area contributed by atoms with Crippen LogP contribution in [0.4, 0.5) is 5.69 Å². The van der Waals surface area contributed by atoms with E-state index < -0.39 is 17.9 Å². The molecular formula is C36H39NO7. The van der Waals surface area contributed by atoms with Crippen LogP contribution >= 0.6 is 0 Å². The molecule has 5 rings (SSSR count). The van der Waals surface area contributed by atoms with Crippen molar-refractivity contribution in [3.8, 4) is 11.5 Å². The third-order valence-electron chi connectivity index (χ3n) is 7.73. The molecule has 1 aliphatic heterocycles. The highest BCUT2D eigenvalue weighted by Crippen LogP contribution is 2.43. The molecule has 2 heterocycles. The number of hydrogen-bond acceptors (Lipinski definition) is 7. The van der Waals surface area contributed by atoms with Crippen molar-refractivity contribution in [1.82, 2.24) is 0 Å². The van der Waals surface area contributed by atoms with Gasteiger partial charge in [0, 0.05) is 5.69 Å². The fourth-order valence-corrected chi connectivity index (χ4v) is 5.44. The second-order valence-electron chi connectivity index (χ2n) is 11.0. The van der Waals surface area contributed by atoms with E-state index in [1.165, 1.54) is 0 Å². The fraction of sp³-hybridized carbons (Fsp3) is 0.361. The van der Waals surface area contributed by atoms with Crippen molar-refractivity contribution < 1.29 is 28.2 Å². The van der Waals surface area contributed by atoms with Gasteiger partial charge in [-0.25, -0.2) is 4.79 Å². The zero-order valence-electron chi connectivity index (χ0n) is 25.8. The summed E-state index contributed by atoms with van der Waals surface area (Å²) in [7, 11) is 0. The Bertz CT molecular complexity index is 1710. The predicted molar refractivity (Wildman–Crippen MR) is 170 cm³/mol. The normalized spacial score (nSPS) is 14.1. The molecule has 0 N–H and O–H groups in total. The first-order chi connectivity index (χ1) is 21.4. The van der Waals surface area contributed by atoms with Gasteiger partial charge in [0.2, 0.25) is 5.76 Å². The van der Waals surface area contributed by atoms with Crippen LogP contribution in [0.2, 0.25) is 0 Å². The molecule has 0 spiro atoms. The van der Waals surface area contributed by atoms with E-state index in [1.54, 1.807) is 41.3 Å². The molecule has 230 valence electrons. The molecule has 1 aliphatic rings. The lowest BCUT2D eigenvalue weighted by Gasteiger charge is -2.26. The minimum absolute atomic E-state index is 0.00254. The average molecular weight is 598 g/mol. The summed E-state index contributed by atoms with van der Waals surface area (Å²) in [6.45, 7) is 9.29. The standard InChI is InChI=1S/C36H39NO7/c1-5-8-10-20-42-29-18-14-25(22-30(29)41-7-3)32-31-33(38)27-21-23(4)11-17-28(27)44-34(31)35(39)37(32)26-15-12-24(13-16-26)36(40)43-19-9-6-2/h11-18,21-22,32H,5-10,19-20H2,1-4H3. The molecule has 0 radical (unpaired) electrons. The molecule has 8 heteroatoms. The average Bonchev–Trinajstić information content (AvgIpc) is 3.32. The van der Waals surface area contributed by atoms with Crippen LogP contribution < -0.4 is 19.8 Å². The van der Waals surface area contributed by atoms with E-state index in [2.05, 4.69) is 6.92 Å². The van der Waals surface area contributed by atoms with E-state index in [0.717, 1.165) is 37.7 Å². The number of amides is 1. The molecule has 1 atom stereocenters. The van der Waals surface area contributed by atoms with E-state index >= 15 is 0 Å². The van der Waals surface area contributed by atoms with Gasteiger partial charge < -0.3 is 18.6 Å². The van der Waals surface area contributed by atoms with Crippen molar-refractivity contribution in [2.75, 3.05) is 24.7 Å². The molecule has 0 aliphatic carbocycles. The van der Waals surface area contributed by atoms with E-state index in [4.69, 9.17) is 18.6 Å². The second-order valence-corrected chi connectivity index (χ2v) is 11.0. The lowest BCUT2D eigenvalue weighted by Crippen LogP contribution is -2.29. The highest BCUT2D eigenvalue weighted by atomic mass is 16.5. The van der Waals surface area contributed by atoms with Crippen LogP contribution in [-0.4, -0.2) is 31.7 Å². The molecule has 4 aromatic rings. The number of carbonyl (C=O) groups is 2. The number of carbonyl (C=O) groups excluding carboxylic acids is 2. The minimum Gasteiger partial charge on any atom is -0.490 e. The first-order valence-corrected chi connectivity index (χ1v) is 15.5. The van der Waals surface area contributed by atoms with Crippen molar-refractivity contribution >= 4 is 28.5 Å². The van der Waals surface area contributed by atoms with Gasteiger partial charge in [0.25, 0.3) is 5.91 Å². The van der Waals surface area contributed by atoms with Crippen LogP contribution in [0, 0.1) is 6.92 Å². The van der Waals surface area contributed by atoms with Gasteiger partial charge in [-0.1, -0.05) is 50.8 Å². The predicted octanol–water partition coefficient (Wildman–Crippen LogP) is 7.78. The van der Waals surface area contributed by atoms with Gasteiger partial charge in [0.15, 0.2) is 16.9 Å². The van der Waals surface area contributed by atoms with Gasteiger partial charge in [-0.15, -0.1) is 0 Å². The Morgan fingerprint density at radius 2 is 1.61 bits per heavy atom. The third kappa shape index (κ3) is 6.20. The molecule has 0 saturated carbocycles. The highest BCUT2D eigenvalue weighted by Gasteiger charge is 2.44. The van der Waals surface area contributed by atoms with Gasteiger partial charge in [-0.2, -0.15) is 0 Å². The third-order valence-corrected chi connectivity index (χ3v) is 7.73. The molecule has 3 aromatic carbocycles. The Hall–Kier alpha value is -4.59. The fourth-order valence-electron chi connectivity index (χ4n) is 5.44. The number of rotatable bonds is 13. The highest BCUT2D eigenvalue weighted by molar-refractivity contribution is 6.11. The maximum absolute atomic E-state index is 14.1. The SMILES string of the molecule is CCCCCOc1ccc(C2c3c(oc4ccc(C)cc4c3=O)C(=O)N2c2ccc(C(=O)OCCCC)cc2)cc1OCC. The molecule has 1 unspecified atom stereocenters. The molecule has 44 heavy (non-hydrogen) atoms. The molecule has 1 amide bonds. The molecular weight excluding hydrogens is 558 g/mol. The summed E-state index contributed by atoms with van der Waals surface area (Å²) >= 11 is 0. The summed E-state index contributed by atoms with van der Waals surface area (Å²) in [6.07, 6.45) is 4.79. The Morgan fingerprint density at radius 3 is 2.34 bits per heavy atom. The quantitative estimate of drug-likeness (QED) is 0.115. The van der Waals surface area contributed by atoms with Crippen molar-refractivity contribution in [1.29, 1.82) is 0 Å². The van der Waals surface area contributed by atoms with Crippen LogP contribution in [0.3, 0.4) is 0 Å². The Kier molecular flexibility index (Phi) is 9.68. The summed E-state index contributed by atoms with van der Waals surface area (Å²) in [6, 6.07) is 16.7. The summed E-state index contributed by atoms with van der Waals surface area (Å²) in [5, 5.41) is 0.412. The lowest BCUT2D eigenvalue weighted by molar-refractivity contribution is 0.0499. The number of nitrogens with zero attached hydrogens (tertiary/aromatic N) is 1. The first-order valence-electron chi connectivity index (χ1n) is 15.5. The smallest absolute Gasteiger partial charge is 0.338 e. The Labute approximate surface area is 257 Å². The number of anilines is 1. The second kappa shape index (κ2) is 13.8. The van der Waals surface area contributed by atoms with Gasteiger partial charge >= 0.3 is 5.97 Å². The molecule has 0 bridgehead atoms. The number of esters is 1. The van der Waals surface area contributed by atoms with E-state index in [0.29, 0.717) is 59.1 Å². The van der Waals surface area contributed by atoms with Crippen molar-refractivity contribution in [2.24, 2.45) is 0 Å². The maximum atomic E-state index is 14.1. The molecule has 0 saturated heterocycles. The number of hydrogen-bond donors (Lipinski definition) is 0. The van der Waals surface area contributed by atoms with Crippen molar-refractivity contribution in [2.45, 2.75) is 65.8 Å². The van der Waals surface area contributed by atoms with E-state index in [9.17, 15) is 14.4 Å². The van der Waals surface area contributed by atoms with Gasteiger partial charge in [0.1, 0.15) is 5.58 Å².